The number of hydrogen-bond acceptors (Lipinski definition) is 2. The fourth-order valence-corrected chi connectivity index (χ4v) is 3.63. The second-order valence-electron chi connectivity index (χ2n) is 4.86. The SMILES string of the molecule is CC(C#C[Se]c1ccccc1)N1C(=O)c2ccccc2C1=O. The van der Waals surface area contributed by atoms with Gasteiger partial charge in [-0.3, -0.25) is 0 Å². The molecule has 3 nitrogen and oxygen atoms in total. The summed E-state index contributed by atoms with van der Waals surface area (Å²) in [6.07, 6.45) is 0. The van der Waals surface area contributed by atoms with E-state index >= 15 is 0 Å². The van der Waals surface area contributed by atoms with E-state index in [-0.39, 0.29) is 26.8 Å². The molecular weight excluding hydrogens is 341 g/mol. The molecular formula is C18H13NO2Se. The summed E-state index contributed by atoms with van der Waals surface area (Å²) in [5.74, 6) is 2.52. The van der Waals surface area contributed by atoms with E-state index in [4.69, 9.17) is 0 Å². The van der Waals surface area contributed by atoms with Crippen LogP contribution in [0.2, 0.25) is 0 Å². The van der Waals surface area contributed by atoms with Gasteiger partial charge in [0.2, 0.25) is 0 Å². The van der Waals surface area contributed by atoms with Crippen LogP contribution in [0.3, 0.4) is 0 Å². The van der Waals surface area contributed by atoms with Gasteiger partial charge in [-0.2, -0.15) is 0 Å². The van der Waals surface area contributed by atoms with Gasteiger partial charge in [0, 0.05) is 0 Å². The van der Waals surface area contributed by atoms with E-state index < -0.39 is 6.04 Å². The van der Waals surface area contributed by atoms with Crippen LogP contribution in [0, 0.1) is 10.7 Å². The monoisotopic (exact) mass is 355 g/mol. The molecule has 0 bridgehead atoms. The third kappa shape index (κ3) is 2.69. The molecule has 1 unspecified atom stereocenters. The fourth-order valence-electron chi connectivity index (χ4n) is 2.29. The minimum absolute atomic E-state index is 0.0220. The molecule has 22 heavy (non-hydrogen) atoms. The Bertz CT molecular complexity index is 754. The van der Waals surface area contributed by atoms with Crippen molar-refractivity contribution in [1.29, 1.82) is 0 Å². The molecule has 0 aliphatic carbocycles. The maximum atomic E-state index is 12.3. The normalized spacial score (nSPS) is 14.3. The molecule has 2 amide bonds. The molecule has 4 heteroatoms. The summed E-state index contributed by atoms with van der Waals surface area (Å²) in [4.78, 5) is 29.0. The van der Waals surface area contributed by atoms with Crippen molar-refractivity contribution in [3.63, 3.8) is 0 Å². The number of nitrogens with zero attached hydrogens (tertiary/aromatic N) is 1. The van der Waals surface area contributed by atoms with Crippen LogP contribution in [-0.4, -0.2) is 37.7 Å². The second kappa shape index (κ2) is 6.19. The molecule has 1 heterocycles. The molecule has 1 atom stereocenters. The van der Waals surface area contributed by atoms with Gasteiger partial charge in [0.1, 0.15) is 0 Å². The first-order chi connectivity index (χ1) is 10.7. The number of imide groups is 1. The molecule has 1 aliphatic rings. The molecule has 0 aromatic heterocycles. The van der Waals surface area contributed by atoms with Gasteiger partial charge in [0.25, 0.3) is 0 Å². The Kier molecular flexibility index (Phi) is 4.11. The molecule has 0 spiro atoms. The van der Waals surface area contributed by atoms with Crippen LogP contribution in [0.15, 0.2) is 54.6 Å². The Morgan fingerprint density at radius 2 is 1.45 bits per heavy atom. The summed E-state index contributed by atoms with van der Waals surface area (Å²) >= 11 is 0.0220. The Hall–Kier alpha value is -2.34. The van der Waals surface area contributed by atoms with Crippen molar-refractivity contribution in [2.45, 2.75) is 13.0 Å². The first-order valence-corrected chi connectivity index (χ1v) is 8.59. The summed E-state index contributed by atoms with van der Waals surface area (Å²) < 4.78 is 1.18. The van der Waals surface area contributed by atoms with E-state index in [1.807, 2.05) is 30.3 Å². The van der Waals surface area contributed by atoms with Crippen molar-refractivity contribution in [2.24, 2.45) is 0 Å². The molecule has 0 fully saturated rings. The standard InChI is InChI=1S/C18H13NO2Se/c1-13(11-12-22-14-7-3-2-4-8-14)19-17(20)15-9-5-6-10-16(15)18(19)21/h2-10,13H,1H3. The molecule has 108 valence electrons. The molecule has 1 aliphatic heterocycles. The number of carbonyl (C=O) groups excluding carboxylic acids is 2. The first kappa shape index (κ1) is 14.6. The average Bonchev–Trinajstić information content (AvgIpc) is 2.80. The summed E-state index contributed by atoms with van der Waals surface area (Å²) in [5.41, 5.74) is 0.935. The van der Waals surface area contributed by atoms with Crippen LogP contribution >= 0.6 is 0 Å². The van der Waals surface area contributed by atoms with Crippen molar-refractivity contribution >= 4 is 31.2 Å². The topological polar surface area (TPSA) is 37.4 Å². The van der Waals surface area contributed by atoms with E-state index in [0.717, 1.165) is 0 Å². The minimum atomic E-state index is -0.419. The zero-order chi connectivity index (χ0) is 15.5. The van der Waals surface area contributed by atoms with Gasteiger partial charge in [0.05, 0.1) is 0 Å². The second-order valence-corrected chi connectivity index (χ2v) is 6.71. The maximum absolute atomic E-state index is 12.3. The van der Waals surface area contributed by atoms with Gasteiger partial charge in [-0.1, -0.05) is 0 Å². The van der Waals surface area contributed by atoms with E-state index in [1.165, 1.54) is 9.36 Å². The molecule has 0 saturated carbocycles. The van der Waals surface area contributed by atoms with Crippen molar-refractivity contribution in [2.75, 3.05) is 0 Å². The summed E-state index contributed by atoms with van der Waals surface area (Å²) in [7, 11) is 0. The molecule has 0 N–H and O–H groups in total. The Labute approximate surface area is 135 Å². The van der Waals surface area contributed by atoms with E-state index in [2.05, 4.69) is 10.7 Å². The van der Waals surface area contributed by atoms with Gasteiger partial charge < -0.3 is 0 Å². The number of rotatable bonds is 2. The predicted octanol–water partition coefficient (Wildman–Crippen LogP) is 1.66. The van der Waals surface area contributed by atoms with Crippen molar-refractivity contribution in [1.82, 2.24) is 4.90 Å². The van der Waals surface area contributed by atoms with Crippen LogP contribution in [0.25, 0.3) is 0 Å². The Balaban J connectivity index is 1.76. The van der Waals surface area contributed by atoms with Gasteiger partial charge in [-0.05, 0) is 0 Å². The molecule has 2 aromatic rings. The number of fused-ring (bicyclic) bond motifs is 1. The summed E-state index contributed by atoms with van der Waals surface area (Å²) in [6.45, 7) is 1.79. The van der Waals surface area contributed by atoms with Crippen molar-refractivity contribution in [3.05, 3.63) is 65.7 Å². The van der Waals surface area contributed by atoms with Crippen LogP contribution < -0.4 is 4.46 Å². The first-order valence-electron chi connectivity index (χ1n) is 6.88. The van der Waals surface area contributed by atoms with Crippen molar-refractivity contribution < 1.29 is 9.59 Å². The number of benzene rings is 2. The fraction of sp³-hybridized carbons (Fsp3) is 0.111. The van der Waals surface area contributed by atoms with Crippen LogP contribution in [0.5, 0.6) is 0 Å². The predicted molar refractivity (Wildman–Crippen MR) is 86.0 cm³/mol. The number of carbonyl (C=O) groups is 2. The molecule has 0 saturated heterocycles. The summed E-state index contributed by atoms with van der Waals surface area (Å²) in [6, 6.07) is 16.5. The van der Waals surface area contributed by atoms with Crippen molar-refractivity contribution in [3.8, 4) is 10.7 Å². The van der Waals surface area contributed by atoms with Crippen LogP contribution in [0.4, 0.5) is 0 Å². The molecule has 2 aromatic carbocycles. The third-order valence-electron chi connectivity index (χ3n) is 3.39. The van der Waals surface area contributed by atoms with Gasteiger partial charge in [-0.15, -0.1) is 0 Å². The zero-order valence-electron chi connectivity index (χ0n) is 11.9. The van der Waals surface area contributed by atoms with Gasteiger partial charge in [0.15, 0.2) is 0 Å². The summed E-state index contributed by atoms with van der Waals surface area (Å²) in [5, 5.41) is 0. The number of hydrogen-bond donors (Lipinski definition) is 0. The quantitative estimate of drug-likeness (QED) is 0.467. The molecule has 3 rings (SSSR count). The van der Waals surface area contributed by atoms with Gasteiger partial charge in [-0.25, -0.2) is 0 Å². The van der Waals surface area contributed by atoms with E-state index in [9.17, 15) is 9.59 Å². The van der Waals surface area contributed by atoms with E-state index in [0.29, 0.717) is 11.1 Å². The third-order valence-corrected chi connectivity index (χ3v) is 4.92. The Morgan fingerprint density at radius 1 is 0.909 bits per heavy atom. The van der Waals surface area contributed by atoms with Crippen LogP contribution in [-0.2, 0) is 0 Å². The van der Waals surface area contributed by atoms with E-state index in [1.54, 1.807) is 31.2 Å². The number of amides is 2. The zero-order valence-corrected chi connectivity index (χ0v) is 13.7. The Morgan fingerprint density at radius 3 is 2.05 bits per heavy atom. The average molecular weight is 354 g/mol. The van der Waals surface area contributed by atoms with Gasteiger partial charge >= 0.3 is 135 Å². The molecule has 0 radical (unpaired) electrons. The van der Waals surface area contributed by atoms with Crippen LogP contribution in [0.1, 0.15) is 27.6 Å².